The number of nitrogens with zero attached hydrogens (tertiary/aromatic N) is 2. The normalized spacial score (nSPS) is 14.7. The molecule has 1 heterocycles. The van der Waals surface area contributed by atoms with Crippen molar-refractivity contribution < 1.29 is 23.9 Å². The van der Waals surface area contributed by atoms with Gasteiger partial charge in [0, 0.05) is 25.6 Å². The van der Waals surface area contributed by atoms with Crippen LogP contribution in [0, 0.1) is 0 Å². The number of hydrogen-bond donors (Lipinski definition) is 0. The number of likely N-dealkylation sites (N-methyl/N-ethyl adjacent to an activating group) is 1. The van der Waals surface area contributed by atoms with E-state index in [0.29, 0.717) is 11.4 Å². The fourth-order valence-corrected chi connectivity index (χ4v) is 2.97. The molecule has 2 aromatic rings. The summed E-state index contributed by atoms with van der Waals surface area (Å²) in [6.07, 6.45) is -0.688. The monoisotopic (exact) mass is 380 g/mol. The molecular formula is C21H20N2O5. The first-order valence-corrected chi connectivity index (χ1v) is 8.88. The Morgan fingerprint density at radius 3 is 2.29 bits per heavy atom. The van der Waals surface area contributed by atoms with E-state index in [9.17, 15) is 19.2 Å². The van der Waals surface area contributed by atoms with E-state index in [1.807, 2.05) is 18.2 Å². The first-order valence-electron chi connectivity index (χ1n) is 8.88. The molecule has 1 fully saturated rings. The fourth-order valence-electron chi connectivity index (χ4n) is 2.97. The van der Waals surface area contributed by atoms with Crippen molar-refractivity contribution in [3.63, 3.8) is 0 Å². The van der Waals surface area contributed by atoms with Gasteiger partial charge in [-0.3, -0.25) is 19.3 Å². The van der Waals surface area contributed by atoms with Crippen molar-refractivity contribution in [2.75, 3.05) is 16.8 Å². The predicted molar refractivity (Wildman–Crippen MR) is 103 cm³/mol. The molecule has 0 saturated carbocycles. The zero-order chi connectivity index (χ0) is 20.3. The van der Waals surface area contributed by atoms with E-state index in [1.54, 1.807) is 31.3 Å². The molecule has 2 aromatic carbocycles. The zero-order valence-electron chi connectivity index (χ0n) is 15.6. The highest BCUT2D eigenvalue weighted by Gasteiger charge is 2.31. The van der Waals surface area contributed by atoms with Gasteiger partial charge in [0.2, 0.25) is 11.8 Å². The topological polar surface area (TPSA) is 84.0 Å². The van der Waals surface area contributed by atoms with E-state index in [0.717, 1.165) is 4.90 Å². The van der Waals surface area contributed by atoms with Crippen molar-refractivity contribution in [2.24, 2.45) is 0 Å². The van der Waals surface area contributed by atoms with Crippen LogP contribution in [0.25, 0.3) is 0 Å². The number of carbonyl (C=O) groups is 4. The van der Waals surface area contributed by atoms with Crippen LogP contribution in [0.3, 0.4) is 0 Å². The van der Waals surface area contributed by atoms with Gasteiger partial charge >= 0.3 is 5.97 Å². The molecule has 7 heteroatoms. The molecule has 3 rings (SSSR count). The third kappa shape index (κ3) is 3.93. The molecular weight excluding hydrogens is 360 g/mol. The van der Waals surface area contributed by atoms with Crippen LogP contribution in [0.2, 0.25) is 0 Å². The molecule has 1 aliphatic rings. The number of rotatable bonds is 5. The largest absolute Gasteiger partial charge is 0.449 e. The molecule has 0 radical (unpaired) electrons. The lowest BCUT2D eigenvalue weighted by atomic mass is 10.2. The van der Waals surface area contributed by atoms with Gasteiger partial charge in [0.05, 0.1) is 11.3 Å². The Labute approximate surface area is 162 Å². The van der Waals surface area contributed by atoms with E-state index >= 15 is 0 Å². The van der Waals surface area contributed by atoms with Crippen molar-refractivity contribution in [3.05, 3.63) is 60.2 Å². The second kappa shape index (κ2) is 8.04. The summed E-state index contributed by atoms with van der Waals surface area (Å²) in [5.41, 5.74) is 1.16. The molecule has 1 aliphatic heterocycles. The van der Waals surface area contributed by atoms with Crippen molar-refractivity contribution in [3.8, 4) is 0 Å². The van der Waals surface area contributed by atoms with Gasteiger partial charge in [-0.15, -0.1) is 0 Å². The second-order valence-electron chi connectivity index (χ2n) is 6.45. The van der Waals surface area contributed by atoms with Crippen LogP contribution < -0.4 is 9.80 Å². The average molecular weight is 380 g/mol. The van der Waals surface area contributed by atoms with Gasteiger partial charge in [-0.1, -0.05) is 24.3 Å². The van der Waals surface area contributed by atoms with Crippen LogP contribution in [0.5, 0.6) is 0 Å². The van der Waals surface area contributed by atoms with Gasteiger partial charge in [-0.25, -0.2) is 4.79 Å². The van der Waals surface area contributed by atoms with Crippen molar-refractivity contribution in [1.29, 1.82) is 0 Å². The van der Waals surface area contributed by atoms with Crippen LogP contribution in [-0.2, 0) is 19.1 Å². The standard InChI is InChI=1S/C21H20N2O5/c1-14(20(26)22(2)16-8-4-3-5-9-16)28-21(27)15-7-6-10-17(13-15)23-18(24)11-12-19(23)25/h3-10,13-14H,11-12H2,1-2H3. The third-order valence-corrected chi connectivity index (χ3v) is 4.50. The number of ether oxygens (including phenoxy) is 1. The highest BCUT2D eigenvalue weighted by molar-refractivity contribution is 6.20. The van der Waals surface area contributed by atoms with Gasteiger partial charge in [0.15, 0.2) is 6.10 Å². The SMILES string of the molecule is CC(OC(=O)c1cccc(N2C(=O)CCC2=O)c1)C(=O)N(C)c1ccccc1. The van der Waals surface area contributed by atoms with E-state index in [2.05, 4.69) is 0 Å². The summed E-state index contributed by atoms with van der Waals surface area (Å²) >= 11 is 0. The quantitative estimate of drug-likeness (QED) is 0.588. The molecule has 1 unspecified atom stereocenters. The molecule has 0 aliphatic carbocycles. The van der Waals surface area contributed by atoms with Gasteiger partial charge in [-0.2, -0.15) is 0 Å². The molecule has 7 nitrogen and oxygen atoms in total. The Bertz CT molecular complexity index is 909. The number of para-hydroxylation sites is 1. The van der Waals surface area contributed by atoms with Crippen molar-refractivity contribution >= 4 is 35.1 Å². The molecule has 28 heavy (non-hydrogen) atoms. The van der Waals surface area contributed by atoms with Crippen LogP contribution in [-0.4, -0.2) is 36.8 Å². The van der Waals surface area contributed by atoms with Gasteiger partial charge in [0.25, 0.3) is 5.91 Å². The van der Waals surface area contributed by atoms with Crippen LogP contribution in [0.15, 0.2) is 54.6 Å². The zero-order valence-corrected chi connectivity index (χ0v) is 15.6. The molecule has 144 valence electrons. The van der Waals surface area contributed by atoms with E-state index < -0.39 is 12.1 Å². The molecule has 1 atom stereocenters. The minimum atomic E-state index is -1.00. The minimum Gasteiger partial charge on any atom is -0.449 e. The Morgan fingerprint density at radius 1 is 1.00 bits per heavy atom. The van der Waals surface area contributed by atoms with Crippen molar-refractivity contribution in [1.82, 2.24) is 0 Å². The van der Waals surface area contributed by atoms with Gasteiger partial charge in [0.1, 0.15) is 0 Å². The lowest BCUT2D eigenvalue weighted by Crippen LogP contribution is -2.37. The van der Waals surface area contributed by atoms with E-state index in [1.165, 1.54) is 24.0 Å². The predicted octanol–water partition coefficient (Wildman–Crippen LogP) is 2.55. The highest BCUT2D eigenvalue weighted by atomic mass is 16.5. The number of amides is 3. The number of imide groups is 1. The summed E-state index contributed by atoms with van der Waals surface area (Å²) in [7, 11) is 1.60. The first-order chi connectivity index (χ1) is 13.4. The summed E-state index contributed by atoms with van der Waals surface area (Å²) in [4.78, 5) is 51.2. The minimum absolute atomic E-state index is 0.158. The Hall–Kier alpha value is -3.48. The van der Waals surface area contributed by atoms with Crippen LogP contribution >= 0.6 is 0 Å². The van der Waals surface area contributed by atoms with Gasteiger partial charge in [-0.05, 0) is 37.3 Å². The number of hydrogen-bond acceptors (Lipinski definition) is 5. The maximum atomic E-state index is 12.5. The number of esters is 1. The van der Waals surface area contributed by atoms with Crippen molar-refractivity contribution in [2.45, 2.75) is 25.9 Å². The summed E-state index contributed by atoms with van der Waals surface area (Å²) in [6.45, 7) is 1.50. The van der Waals surface area contributed by atoms with E-state index in [4.69, 9.17) is 4.74 Å². The lowest BCUT2D eigenvalue weighted by Gasteiger charge is -2.21. The molecule has 0 N–H and O–H groups in total. The number of anilines is 2. The molecule has 0 spiro atoms. The average Bonchev–Trinajstić information content (AvgIpc) is 3.05. The highest BCUT2D eigenvalue weighted by Crippen LogP contribution is 2.24. The Kier molecular flexibility index (Phi) is 5.54. The summed E-state index contributed by atoms with van der Waals surface area (Å²) < 4.78 is 5.29. The lowest BCUT2D eigenvalue weighted by molar-refractivity contribution is -0.126. The maximum Gasteiger partial charge on any atom is 0.338 e. The first kappa shape index (κ1) is 19.3. The summed E-state index contributed by atoms with van der Waals surface area (Å²) in [5.74, 6) is -1.68. The summed E-state index contributed by atoms with van der Waals surface area (Å²) in [5, 5.41) is 0. The van der Waals surface area contributed by atoms with Crippen LogP contribution in [0.1, 0.15) is 30.1 Å². The number of benzene rings is 2. The summed E-state index contributed by atoms with van der Waals surface area (Å²) in [6, 6.07) is 15.1. The Morgan fingerprint density at radius 2 is 1.64 bits per heavy atom. The molecule has 0 aromatic heterocycles. The smallest absolute Gasteiger partial charge is 0.338 e. The third-order valence-electron chi connectivity index (χ3n) is 4.50. The van der Waals surface area contributed by atoms with Gasteiger partial charge < -0.3 is 9.64 Å². The Balaban J connectivity index is 1.71. The van der Waals surface area contributed by atoms with E-state index in [-0.39, 0.29) is 36.1 Å². The molecule has 0 bridgehead atoms. The maximum absolute atomic E-state index is 12.5. The molecule has 3 amide bonds. The number of carbonyl (C=O) groups excluding carboxylic acids is 4. The fraction of sp³-hybridized carbons (Fsp3) is 0.238. The second-order valence-corrected chi connectivity index (χ2v) is 6.45. The molecule has 1 saturated heterocycles. The van der Waals surface area contributed by atoms with Crippen LogP contribution in [0.4, 0.5) is 11.4 Å².